The number of benzene rings is 2. The average Bonchev–Trinajstić information content (AvgIpc) is 2.80. The topological polar surface area (TPSA) is 63.7 Å². The minimum Gasteiger partial charge on any atom is -0.486 e. The SMILES string of the molecule is CC1CN(Cc2ccc(C(=O)Nc3ccc(OCc4ccccn4)c(Cl)c3)cc2)CCO1. The van der Waals surface area contributed by atoms with Gasteiger partial charge in [0.05, 0.1) is 23.4 Å². The van der Waals surface area contributed by atoms with Crippen molar-refractivity contribution in [2.45, 2.75) is 26.2 Å². The number of rotatable bonds is 7. The number of carbonyl (C=O) groups excluding carboxylic acids is 1. The Kier molecular flexibility index (Phi) is 7.37. The molecule has 1 aromatic heterocycles. The van der Waals surface area contributed by atoms with E-state index in [0.29, 0.717) is 28.6 Å². The molecule has 32 heavy (non-hydrogen) atoms. The van der Waals surface area contributed by atoms with Crippen molar-refractivity contribution in [3.63, 3.8) is 0 Å². The highest BCUT2D eigenvalue weighted by Crippen LogP contribution is 2.28. The van der Waals surface area contributed by atoms with Gasteiger partial charge in [0, 0.05) is 37.1 Å². The van der Waals surface area contributed by atoms with Gasteiger partial charge in [0.2, 0.25) is 0 Å². The van der Waals surface area contributed by atoms with Crippen molar-refractivity contribution < 1.29 is 14.3 Å². The van der Waals surface area contributed by atoms with Crippen LogP contribution in [0.2, 0.25) is 5.02 Å². The summed E-state index contributed by atoms with van der Waals surface area (Å²) < 4.78 is 11.3. The van der Waals surface area contributed by atoms with E-state index >= 15 is 0 Å². The quantitative estimate of drug-likeness (QED) is 0.559. The van der Waals surface area contributed by atoms with Crippen LogP contribution in [0.15, 0.2) is 66.9 Å². The van der Waals surface area contributed by atoms with Gasteiger partial charge in [0.25, 0.3) is 5.91 Å². The summed E-state index contributed by atoms with van der Waals surface area (Å²) in [6.45, 7) is 5.87. The van der Waals surface area contributed by atoms with Gasteiger partial charge < -0.3 is 14.8 Å². The Hall–Kier alpha value is -2.93. The zero-order chi connectivity index (χ0) is 22.3. The van der Waals surface area contributed by atoms with Gasteiger partial charge in [0.15, 0.2) is 0 Å². The highest BCUT2D eigenvalue weighted by molar-refractivity contribution is 6.32. The molecule has 1 aliphatic heterocycles. The van der Waals surface area contributed by atoms with Crippen molar-refractivity contribution in [2.75, 3.05) is 25.0 Å². The van der Waals surface area contributed by atoms with E-state index in [0.717, 1.165) is 31.9 Å². The van der Waals surface area contributed by atoms with E-state index in [4.69, 9.17) is 21.1 Å². The van der Waals surface area contributed by atoms with Crippen LogP contribution in [0.25, 0.3) is 0 Å². The van der Waals surface area contributed by atoms with Crippen LogP contribution in [0.5, 0.6) is 5.75 Å². The van der Waals surface area contributed by atoms with Crippen LogP contribution >= 0.6 is 11.6 Å². The van der Waals surface area contributed by atoms with Crippen LogP contribution in [-0.4, -0.2) is 41.6 Å². The molecule has 0 bridgehead atoms. The van der Waals surface area contributed by atoms with Crippen LogP contribution in [0.1, 0.15) is 28.5 Å². The Morgan fingerprint density at radius 3 is 2.78 bits per heavy atom. The van der Waals surface area contributed by atoms with Gasteiger partial charge in [-0.1, -0.05) is 29.8 Å². The summed E-state index contributed by atoms with van der Waals surface area (Å²) in [7, 11) is 0. The third-order valence-corrected chi connectivity index (χ3v) is 5.53. The molecule has 166 valence electrons. The summed E-state index contributed by atoms with van der Waals surface area (Å²) in [6.07, 6.45) is 1.97. The largest absolute Gasteiger partial charge is 0.486 e. The molecule has 7 heteroatoms. The van der Waals surface area contributed by atoms with Crippen molar-refractivity contribution >= 4 is 23.2 Å². The number of nitrogens with one attached hydrogen (secondary N) is 1. The summed E-state index contributed by atoms with van der Waals surface area (Å²) in [5.74, 6) is 0.354. The lowest BCUT2D eigenvalue weighted by atomic mass is 10.1. The van der Waals surface area contributed by atoms with Crippen molar-refractivity contribution in [3.05, 3.63) is 88.7 Å². The van der Waals surface area contributed by atoms with E-state index in [1.165, 1.54) is 5.56 Å². The number of pyridine rings is 1. The number of morpholine rings is 1. The van der Waals surface area contributed by atoms with Gasteiger partial charge in [-0.15, -0.1) is 0 Å². The Morgan fingerprint density at radius 1 is 1.22 bits per heavy atom. The van der Waals surface area contributed by atoms with Gasteiger partial charge in [-0.3, -0.25) is 14.7 Å². The number of hydrogen-bond acceptors (Lipinski definition) is 5. The fraction of sp³-hybridized carbons (Fsp3) is 0.280. The molecule has 4 rings (SSSR count). The molecule has 0 saturated carbocycles. The molecule has 6 nitrogen and oxygen atoms in total. The number of anilines is 1. The molecule has 1 fully saturated rings. The van der Waals surface area contributed by atoms with Crippen molar-refractivity contribution in [3.8, 4) is 5.75 Å². The Morgan fingerprint density at radius 2 is 2.06 bits per heavy atom. The highest BCUT2D eigenvalue weighted by Gasteiger charge is 2.17. The zero-order valence-electron chi connectivity index (χ0n) is 18.0. The second kappa shape index (κ2) is 10.6. The summed E-state index contributed by atoms with van der Waals surface area (Å²) in [5.41, 5.74) is 3.19. The molecule has 1 N–H and O–H groups in total. The average molecular weight is 452 g/mol. The lowest BCUT2D eigenvalue weighted by Gasteiger charge is -2.31. The molecule has 0 aliphatic carbocycles. The number of nitrogens with zero attached hydrogens (tertiary/aromatic N) is 2. The van der Waals surface area contributed by atoms with E-state index in [9.17, 15) is 4.79 Å². The fourth-order valence-electron chi connectivity index (χ4n) is 3.59. The molecular weight excluding hydrogens is 426 g/mol. The van der Waals surface area contributed by atoms with Crippen molar-refractivity contribution in [1.82, 2.24) is 9.88 Å². The molecule has 0 radical (unpaired) electrons. The highest BCUT2D eigenvalue weighted by atomic mass is 35.5. The van der Waals surface area contributed by atoms with Gasteiger partial charge in [-0.2, -0.15) is 0 Å². The molecule has 0 spiro atoms. The maximum absolute atomic E-state index is 12.6. The van der Waals surface area contributed by atoms with Crippen LogP contribution < -0.4 is 10.1 Å². The standard InChI is InChI=1S/C25H26ClN3O3/c1-18-15-29(12-13-31-18)16-19-5-7-20(8-6-19)25(30)28-21-9-10-24(23(26)14-21)32-17-22-4-2-3-11-27-22/h2-11,14,18H,12-13,15-17H2,1H3,(H,28,30). The van der Waals surface area contributed by atoms with Crippen LogP contribution in [0, 0.1) is 0 Å². The molecule has 1 aliphatic rings. The minimum atomic E-state index is -0.185. The zero-order valence-corrected chi connectivity index (χ0v) is 18.7. The first kappa shape index (κ1) is 22.3. The third-order valence-electron chi connectivity index (χ3n) is 5.24. The number of aromatic nitrogens is 1. The third kappa shape index (κ3) is 6.07. The molecule has 1 unspecified atom stereocenters. The van der Waals surface area contributed by atoms with E-state index in [1.54, 1.807) is 24.4 Å². The summed E-state index contributed by atoms with van der Waals surface area (Å²) >= 11 is 6.34. The molecule has 1 amide bonds. The first-order valence-corrected chi connectivity index (χ1v) is 11.0. The van der Waals surface area contributed by atoms with Gasteiger partial charge in [-0.05, 0) is 55.0 Å². The van der Waals surface area contributed by atoms with Crippen molar-refractivity contribution in [2.24, 2.45) is 0 Å². The van der Waals surface area contributed by atoms with Crippen LogP contribution in [0.4, 0.5) is 5.69 Å². The summed E-state index contributed by atoms with van der Waals surface area (Å²) in [4.78, 5) is 19.2. The number of ether oxygens (including phenoxy) is 2. The van der Waals surface area contributed by atoms with Gasteiger partial charge in [0.1, 0.15) is 12.4 Å². The predicted octanol–water partition coefficient (Wildman–Crippen LogP) is 4.79. The van der Waals surface area contributed by atoms with Gasteiger partial charge in [-0.25, -0.2) is 0 Å². The number of halogens is 1. The number of hydrogen-bond donors (Lipinski definition) is 1. The lowest BCUT2D eigenvalue weighted by molar-refractivity contribution is -0.0212. The minimum absolute atomic E-state index is 0.185. The molecule has 1 saturated heterocycles. The Balaban J connectivity index is 1.32. The summed E-state index contributed by atoms with van der Waals surface area (Å²) in [6, 6.07) is 18.5. The molecule has 2 heterocycles. The lowest BCUT2D eigenvalue weighted by Crippen LogP contribution is -2.40. The number of carbonyl (C=O) groups is 1. The monoisotopic (exact) mass is 451 g/mol. The van der Waals surface area contributed by atoms with E-state index in [2.05, 4.69) is 22.1 Å². The van der Waals surface area contributed by atoms with Crippen LogP contribution in [-0.2, 0) is 17.9 Å². The van der Waals surface area contributed by atoms with E-state index < -0.39 is 0 Å². The second-order valence-electron chi connectivity index (χ2n) is 7.82. The van der Waals surface area contributed by atoms with E-state index in [-0.39, 0.29) is 12.0 Å². The second-order valence-corrected chi connectivity index (χ2v) is 8.23. The summed E-state index contributed by atoms with van der Waals surface area (Å²) in [5, 5.41) is 3.31. The smallest absolute Gasteiger partial charge is 0.255 e. The molecule has 1 atom stereocenters. The predicted molar refractivity (Wildman–Crippen MR) is 125 cm³/mol. The maximum atomic E-state index is 12.6. The van der Waals surface area contributed by atoms with Crippen molar-refractivity contribution in [1.29, 1.82) is 0 Å². The normalized spacial score (nSPS) is 16.5. The molecular formula is C25H26ClN3O3. The maximum Gasteiger partial charge on any atom is 0.255 e. The fourth-order valence-corrected chi connectivity index (χ4v) is 3.82. The van der Waals surface area contributed by atoms with Crippen LogP contribution in [0.3, 0.4) is 0 Å². The van der Waals surface area contributed by atoms with E-state index in [1.807, 2.05) is 42.5 Å². The first-order chi connectivity index (χ1) is 15.6. The molecule has 3 aromatic rings. The van der Waals surface area contributed by atoms with Gasteiger partial charge >= 0.3 is 0 Å². The Bertz CT molecular complexity index is 1040. The Labute approximate surface area is 193 Å². The first-order valence-electron chi connectivity index (χ1n) is 10.6. The number of amides is 1. The molecule has 2 aromatic carbocycles.